The maximum Gasteiger partial charge on any atom is 0.340 e. The topological polar surface area (TPSA) is 99.2 Å². The first-order valence-electron chi connectivity index (χ1n) is 6.39. The molecular weight excluding hydrogens is 352 g/mol. The molecule has 0 radical (unpaired) electrons. The second kappa shape index (κ2) is 6.61. The van der Waals surface area contributed by atoms with Crippen LogP contribution in [0.15, 0.2) is 28.7 Å². The Balaban J connectivity index is 1.95. The molecule has 116 valence electrons. The number of carbonyl (C=O) groups is 2. The first-order chi connectivity index (χ1) is 10.4. The number of carbonyl (C=O) groups excluding carboxylic acids is 2. The van der Waals surface area contributed by atoms with Gasteiger partial charge in [0.1, 0.15) is 5.82 Å². The smallest absolute Gasteiger partial charge is 0.340 e. The van der Waals surface area contributed by atoms with Crippen molar-refractivity contribution >= 4 is 39.3 Å². The van der Waals surface area contributed by atoms with E-state index in [0.717, 1.165) is 5.69 Å². The molecular formula is C14H15BrN4O3. The van der Waals surface area contributed by atoms with Gasteiger partial charge in [0, 0.05) is 23.3 Å². The minimum absolute atomic E-state index is 0.207. The Morgan fingerprint density at radius 1 is 1.41 bits per heavy atom. The molecule has 0 aliphatic rings. The number of esters is 1. The lowest BCUT2D eigenvalue weighted by Gasteiger charge is -2.08. The van der Waals surface area contributed by atoms with Crippen LogP contribution in [0.2, 0.25) is 0 Å². The van der Waals surface area contributed by atoms with Gasteiger partial charge in [-0.2, -0.15) is 5.10 Å². The molecule has 0 bridgehead atoms. The molecule has 0 aliphatic carbocycles. The van der Waals surface area contributed by atoms with E-state index in [1.807, 2.05) is 6.92 Å². The predicted molar refractivity (Wildman–Crippen MR) is 85.4 cm³/mol. The Morgan fingerprint density at radius 3 is 2.77 bits per heavy atom. The van der Waals surface area contributed by atoms with Gasteiger partial charge >= 0.3 is 5.97 Å². The average Bonchev–Trinajstić information content (AvgIpc) is 2.77. The molecule has 1 amide bonds. The maximum atomic E-state index is 11.9. The Morgan fingerprint density at radius 2 is 2.14 bits per heavy atom. The van der Waals surface area contributed by atoms with Gasteiger partial charge in [-0.15, -0.1) is 0 Å². The van der Waals surface area contributed by atoms with E-state index in [1.165, 1.54) is 4.68 Å². The summed E-state index contributed by atoms with van der Waals surface area (Å²) < 4.78 is 7.19. The van der Waals surface area contributed by atoms with Crippen LogP contribution < -0.4 is 11.1 Å². The summed E-state index contributed by atoms with van der Waals surface area (Å²) in [4.78, 5) is 23.7. The molecule has 0 fully saturated rings. The van der Waals surface area contributed by atoms with Crippen LogP contribution in [-0.4, -0.2) is 28.3 Å². The summed E-state index contributed by atoms with van der Waals surface area (Å²) in [6.45, 7) is 1.40. The summed E-state index contributed by atoms with van der Waals surface area (Å²) in [5.74, 6) is -0.583. The highest BCUT2D eigenvalue weighted by molar-refractivity contribution is 9.10. The number of nitrogens with one attached hydrogen (secondary N) is 1. The molecule has 1 aromatic heterocycles. The molecule has 0 spiro atoms. The fraction of sp³-hybridized carbons (Fsp3) is 0.214. The van der Waals surface area contributed by atoms with Crippen molar-refractivity contribution in [1.82, 2.24) is 9.78 Å². The lowest BCUT2D eigenvalue weighted by molar-refractivity contribution is -0.119. The molecule has 22 heavy (non-hydrogen) atoms. The molecule has 0 saturated heterocycles. The van der Waals surface area contributed by atoms with Crippen molar-refractivity contribution in [2.24, 2.45) is 7.05 Å². The number of benzene rings is 1. The van der Waals surface area contributed by atoms with Crippen molar-refractivity contribution in [3.63, 3.8) is 0 Å². The fourth-order valence-electron chi connectivity index (χ4n) is 1.82. The number of halogens is 1. The zero-order valence-corrected chi connectivity index (χ0v) is 13.7. The summed E-state index contributed by atoms with van der Waals surface area (Å²) in [5, 5.41) is 6.71. The molecule has 0 aliphatic heterocycles. The van der Waals surface area contributed by atoms with Crippen LogP contribution in [0.5, 0.6) is 0 Å². The molecule has 7 nitrogen and oxygen atoms in total. The van der Waals surface area contributed by atoms with Crippen molar-refractivity contribution in [3.8, 4) is 0 Å². The molecule has 1 heterocycles. The van der Waals surface area contributed by atoms with Crippen molar-refractivity contribution in [3.05, 3.63) is 40.0 Å². The lowest BCUT2D eigenvalue weighted by Crippen LogP contribution is -2.22. The summed E-state index contributed by atoms with van der Waals surface area (Å²) in [6, 6.07) is 6.55. The van der Waals surface area contributed by atoms with Crippen molar-refractivity contribution in [2.75, 3.05) is 17.7 Å². The minimum Gasteiger partial charge on any atom is -0.452 e. The van der Waals surface area contributed by atoms with Crippen molar-refractivity contribution in [1.29, 1.82) is 0 Å². The van der Waals surface area contributed by atoms with E-state index >= 15 is 0 Å². The van der Waals surface area contributed by atoms with Crippen molar-refractivity contribution < 1.29 is 14.3 Å². The largest absolute Gasteiger partial charge is 0.452 e. The lowest BCUT2D eigenvalue weighted by atomic mass is 10.2. The van der Waals surface area contributed by atoms with Crippen LogP contribution in [0, 0.1) is 6.92 Å². The zero-order valence-electron chi connectivity index (χ0n) is 12.1. The number of nitrogen functional groups attached to an aromatic ring is 1. The molecule has 0 unspecified atom stereocenters. The van der Waals surface area contributed by atoms with E-state index in [2.05, 4.69) is 26.3 Å². The third kappa shape index (κ3) is 3.85. The van der Waals surface area contributed by atoms with Gasteiger partial charge in [0.15, 0.2) is 6.61 Å². The van der Waals surface area contributed by atoms with Crippen LogP contribution in [0.25, 0.3) is 0 Å². The summed E-state index contributed by atoms with van der Waals surface area (Å²) >= 11 is 3.25. The third-order valence-corrected chi connectivity index (χ3v) is 3.33. The zero-order chi connectivity index (χ0) is 16.3. The van der Waals surface area contributed by atoms with Gasteiger partial charge in [-0.05, 0) is 25.1 Å². The highest BCUT2D eigenvalue weighted by Crippen LogP contribution is 2.19. The van der Waals surface area contributed by atoms with Crippen LogP contribution in [-0.2, 0) is 16.6 Å². The van der Waals surface area contributed by atoms with E-state index in [-0.39, 0.29) is 11.3 Å². The SMILES string of the molecule is Cc1cc(NC(=O)COC(=O)c2cc(Br)ccc2N)n(C)n1. The number of amides is 1. The number of aromatic nitrogens is 2. The summed E-state index contributed by atoms with van der Waals surface area (Å²) in [5.41, 5.74) is 6.98. The van der Waals surface area contributed by atoms with E-state index in [4.69, 9.17) is 10.5 Å². The van der Waals surface area contributed by atoms with E-state index in [9.17, 15) is 9.59 Å². The maximum absolute atomic E-state index is 11.9. The number of aryl methyl sites for hydroxylation is 2. The van der Waals surface area contributed by atoms with Crippen LogP contribution >= 0.6 is 15.9 Å². The Hall–Kier alpha value is -2.35. The van der Waals surface area contributed by atoms with Gasteiger partial charge in [-0.3, -0.25) is 9.48 Å². The number of nitrogens with zero attached hydrogens (tertiary/aromatic N) is 2. The van der Waals surface area contributed by atoms with Gasteiger partial charge in [0.25, 0.3) is 5.91 Å². The number of ether oxygens (including phenoxy) is 1. The van der Waals surface area contributed by atoms with Gasteiger partial charge < -0.3 is 15.8 Å². The number of nitrogens with two attached hydrogens (primary N) is 1. The molecule has 1 aromatic carbocycles. The number of rotatable bonds is 4. The van der Waals surface area contributed by atoms with Gasteiger partial charge in [-0.1, -0.05) is 15.9 Å². The standard InChI is InChI=1S/C14H15BrN4O3/c1-8-5-12(19(2)18-8)17-13(20)7-22-14(21)10-6-9(15)3-4-11(10)16/h3-6H,7,16H2,1-2H3,(H,17,20). The normalized spacial score (nSPS) is 10.3. The Kier molecular flexibility index (Phi) is 4.81. The van der Waals surface area contributed by atoms with Gasteiger partial charge in [0.05, 0.1) is 11.3 Å². The predicted octanol–water partition coefficient (Wildman–Crippen LogP) is 1.87. The number of anilines is 2. The molecule has 2 rings (SSSR count). The Labute approximate surface area is 135 Å². The van der Waals surface area contributed by atoms with Gasteiger partial charge in [-0.25, -0.2) is 4.79 Å². The van der Waals surface area contributed by atoms with Crippen molar-refractivity contribution in [2.45, 2.75) is 6.92 Å². The summed E-state index contributed by atoms with van der Waals surface area (Å²) in [6.07, 6.45) is 0. The Bertz CT molecular complexity index is 727. The van der Waals surface area contributed by atoms with E-state index in [1.54, 1.807) is 31.3 Å². The first kappa shape index (κ1) is 16.0. The third-order valence-electron chi connectivity index (χ3n) is 2.84. The molecule has 0 saturated carbocycles. The molecule has 2 aromatic rings. The first-order valence-corrected chi connectivity index (χ1v) is 7.19. The fourth-order valence-corrected chi connectivity index (χ4v) is 2.18. The molecule has 3 N–H and O–H groups in total. The molecule has 8 heteroatoms. The highest BCUT2D eigenvalue weighted by atomic mass is 79.9. The van der Waals surface area contributed by atoms with E-state index < -0.39 is 18.5 Å². The van der Waals surface area contributed by atoms with Crippen LogP contribution in [0.4, 0.5) is 11.5 Å². The summed E-state index contributed by atoms with van der Waals surface area (Å²) in [7, 11) is 1.71. The average molecular weight is 367 g/mol. The minimum atomic E-state index is -0.657. The van der Waals surface area contributed by atoms with Crippen LogP contribution in [0.3, 0.4) is 0 Å². The van der Waals surface area contributed by atoms with Gasteiger partial charge in [0.2, 0.25) is 0 Å². The van der Waals surface area contributed by atoms with Crippen LogP contribution in [0.1, 0.15) is 16.1 Å². The molecule has 0 atom stereocenters. The number of hydrogen-bond acceptors (Lipinski definition) is 5. The second-order valence-electron chi connectivity index (χ2n) is 4.65. The monoisotopic (exact) mass is 366 g/mol. The van der Waals surface area contributed by atoms with E-state index in [0.29, 0.717) is 10.3 Å². The number of hydrogen-bond donors (Lipinski definition) is 2. The highest BCUT2D eigenvalue weighted by Gasteiger charge is 2.14. The second-order valence-corrected chi connectivity index (χ2v) is 5.57. The quantitative estimate of drug-likeness (QED) is 0.635.